The third kappa shape index (κ3) is 18.1. The van der Waals surface area contributed by atoms with Crippen molar-refractivity contribution in [3.63, 3.8) is 0 Å². The minimum Gasteiger partial charge on any atom is -0.375 e. The molecule has 0 N–H and O–H groups in total. The van der Waals surface area contributed by atoms with E-state index in [9.17, 15) is 0 Å². The van der Waals surface area contributed by atoms with E-state index >= 15 is 0 Å². The van der Waals surface area contributed by atoms with Crippen LogP contribution in [0.25, 0.3) is 0 Å². The van der Waals surface area contributed by atoms with E-state index in [0.717, 1.165) is 25.7 Å². The molecule has 0 radical (unpaired) electrons. The summed E-state index contributed by atoms with van der Waals surface area (Å²) in [5.74, 6) is 0. The molecule has 264 valence electrons. The normalized spacial score (nSPS) is 14.8. The second-order valence-electron chi connectivity index (χ2n) is 19.2. The van der Waals surface area contributed by atoms with Crippen molar-refractivity contribution in [3.8, 4) is 0 Å². The Hall–Kier alpha value is -1.20. The highest BCUT2D eigenvalue weighted by Crippen LogP contribution is 2.39. The molecule has 0 spiro atoms. The molecule has 0 aliphatic heterocycles. The molecule has 0 aliphatic carbocycles. The van der Waals surface area contributed by atoms with Gasteiger partial charge in [-0.1, -0.05) is 79.7 Å². The van der Waals surface area contributed by atoms with Crippen molar-refractivity contribution in [3.05, 3.63) is 50.6 Å². The van der Waals surface area contributed by atoms with Gasteiger partial charge in [0.2, 0.25) is 0 Å². The molecule has 4 nitrogen and oxygen atoms in total. The van der Waals surface area contributed by atoms with E-state index in [4.69, 9.17) is 18.9 Å². The molecule has 0 saturated heterocycles. The Bertz CT molecular complexity index is 800. The van der Waals surface area contributed by atoms with E-state index in [-0.39, 0.29) is 21.7 Å². The lowest BCUT2D eigenvalue weighted by Crippen LogP contribution is -2.50. The molecule has 0 unspecified atom stereocenters. The fourth-order valence-electron chi connectivity index (χ4n) is 6.53. The first kappa shape index (κ1) is 43.8. The van der Waals surface area contributed by atoms with Gasteiger partial charge in [-0.15, -0.1) is 26.3 Å². The lowest BCUT2D eigenvalue weighted by molar-refractivity contribution is -0.197. The van der Waals surface area contributed by atoms with Gasteiger partial charge >= 0.3 is 0 Å². The standard InChI is InChI=1S/C41H76O4/c1-21-33(5,6)25-37(13,14)42-29-41(30-43-38(15,16)26-34(7,8)22-2,31-44-39(17,18)27-35(9,10)23-3)32-45-40(19,20)28-36(11,12)24-4/h21-24H,1-4,25-32H2,5-20H3. The van der Waals surface area contributed by atoms with Crippen molar-refractivity contribution in [2.24, 2.45) is 27.1 Å². The molecule has 0 aromatic carbocycles. The first-order valence-corrected chi connectivity index (χ1v) is 17.0. The van der Waals surface area contributed by atoms with Crippen molar-refractivity contribution in [1.82, 2.24) is 0 Å². The predicted octanol–water partition coefficient (Wildman–Crippen LogP) is 11.6. The predicted molar refractivity (Wildman–Crippen MR) is 197 cm³/mol. The Kier molecular flexibility index (Phi) is 15.4. The second kappa shape index (κ2) is 15.8. The lowest BCUT2D eigenvalue weighted by atomic mass is 9.80. The van der Waals surface area contributed by atoms with Crippen molar-refractivity contribution < 1.29 is 18.9 Å². The summed E-state index contributed by atoms with van der Waals surface area (Å²) in [6.07, 6.45) is 11.4. The molecule has 0 rings (SSSR count). The maximum Gasteiger partial charge on any atom is 0.0639 e. The Morgan fingerprint density at radius 3 is 0.622 bits per heavy atom. The number of hydrogen-bond donors (Lipinski definition) is 0. The minimum atomic E-state index is -0.573. The molecule has 0 amide bonds. The average molecular weight is 633 g/mol. The van der Waals surface area contributed by atoms with Gasteiger partial charge in [-0.3, -0.25) is 0 Å². The summed E-state index contributed by atoms with van der Waals surface area (Å²) in [6.45, 7) is 52.9. The number of ether oxygens (including phenoxy) is 4. The molecular formula is C41H76O4. The second-order valence-corrected chi connectivity index (χ2v) is 19.2. The number of rotatable bonds is 24. The number of hydrogen-bond acceptors (Lipinski definition) is 4. The van der Waals surface area contributed by atoms with Gasteiger partial charge in [0.15, 0.2) is 0 Å². The van der Waals surface area contributed by atoms with E-state index in [1.54, 1.807) is 0 Å². The Morgan fingerprint density at radius 1 is 0.333 bits per heavy atom. The highest BCUT2D eigenvalue weighted by atomic mass is 16.5. The maximum atomic E-state index is 6.86. The van der Waals surface area contributed by atoms with Gasteiger partial charge in [0, 0.05) is 0 Å². The van der Waals surface area contributed by atoms with Gasteiger partial charge in [-0.05, 0) is 103 Å². The number of allylic oxidation sites excluding steroid dienone is 4. The van der Waals surface area contributed by atoms with E-state index in [1.807, 2.05) is 24.3 Å². The monoisotopic (exact) mass is 633 g/mol. The summed E-state index contributed by atoms with van der Waals surface area (Å²) >= 11 is 0. The Balaban J connectivity index is 6.73. The molecule has 0 heterocycles. The van der Waals surface area contributed by atoms with Crippen LogP contribution in [-0.2, 0) is 18.9 Å². The fraction of sp³-hybridized carbons (Fsp3) is 0.805. The topological polar surface area (TPSA) is 36.9 Å². The summed E-state index contributed by atoms with van der Waals surface area (Å²) < 4.78 is 27.4. The van der Waals surface area contributed by atoms with Crippen LogP contribution in [0.5, 0.6) is 0 Å². The molecule has 0 aromatic rings. The van der Waals surface area contributed by atoms with Crippen molar-refractivity contribution in [2.75, 3.05) is 26.4 Å². The molecule has 0 atom stereocenters. The zero-order valence-electron chi connectivity index (χ0n) is 32.9. The van der Waals surface area contributed by atoms with Crippen LogP contribution in [0.15, 0.2) is 50.6 Å². The van der Waals surface area contributed by atoms with Crippen molar-refractivity contribution in [1.29, 1.82) is 0 Å². The van der Waals surface area contributed by atoms with Gasteiger partial charge in [0.1, 0.15) is 0 Å². The SMILES string of the molecule is C=CC(C)(C)CC(C)(C)OCC(COC(C)(C)CC(C)(C)C=C)(COC(C)(C)CC(C)(C)C=C)COC(C)(C)CC(C)(C)C=C. The highest BCUT2D eigenvalue weighted by molar-refractivity contribution is 4.97. The first-order valence-electron chi connectivity index (χ1n) is 17.0. The van der Waals surface area contributed by atoms with E-state index in [2.05, 4.69) is 137 Å². The summed E-state index contributed by atoms with van der Waals surface area (Å²) in [4.78, 5) is 0. The van der Waals surface area contributed by atoms with Gasteiger partial charge in [-0.25, -0.2) is 0 Å². The quantitative estimate of drug-likeness (QED) is 0.0992. The lowest BCUT2D eigenvalue weighted by Gasteiger charge is -2.44. The van der Waals surface area contributed by atoms with Crippen LogP contribution in [0.4, 0.5) is 0 Å². The van der Waals surface area contributed by atoms with Crippen LogP contribution in [0, 0.1) is 27.1 Å². The minimum absolute atomic E-state index is 0.0650. The Morgan fingerprint density at radius 2 is 0.489 bits per heavy atom. The van der Waals surface area contributed by atoms with Crippen LogP contribution in [0.3, 0.4) is 0 Å². The molecule has 0 saturated carbocycles. The van der Waals surface area contributed by atoms with Crippen molar-refractivity contribution >= 4 is 0 Å². The van der Waals surface area contributed by atoms with Crippen LogP contribution in [0.1, 0.15) is 136 Å². The summed E-state index contributed by atoms with van der Waals surface area (Å²) in [7, 11) is 0. The first-order chi connectivity index (χ1) is 19.9. The summed E-state index contributed by atoms with van der Waals surface area (Å²) in [6, 6.07) is 0. The zero-order valence-corrected chi connectivity index (χ0v) is 32.9. The fourth-order valence-corrected chi connectivity index (χ4v) is 6.53. The molecule has 0 aliphatic rings. The van der Waals surface area contributed by atoms with Crippen LogP contribution >= 0.6 is 0 Å². The molecule has 0 aromatic heterocycles. The van der Waals surface area contributed by atoms with Crippen molar-refractivity contribution in [2.45, 2.75) is 159 Å². The third-order valence-corrected chi connectivity index (χ3v) is 8.81. The Labute approximate surface area is 281 Å². The van der Waals surface area contributed by atoms with Crippen LogP contribution in [-0.4, -0.2) is 48.8 Å². The maximum absolute atomic E-state index is 6.86. The summed E-state index contributed by atoms with van der Waals surface area (Å²) in [5, 5.41) is 0. The third-order valence-electron chi connectivity index (χ3n) is 8.81. The molecule has 4 heteroatoms. The van der Waals surface area contributed by atoms with Gasteiger partial charge < -0.3 is 18.9 Å². The molecule has 0 fully saturated rings. The van der Waals surface area contributed by atoms with E-state index in [1.165, 1.54) is 0 Å². The van der Waals surface area contributed by atoms with Gasteiger partial charge in [0.05, 0.1) is 54.2 Å². The average Bonchev–Trinajstić information content (AvgIpc) is 2.85. The summed E-state index contributed by atoms with van der Waals surface area (Å²) in [5.41, 5.74) is -2.43. The highest BCUT2D eigenvalue weighted by Gasteiger charge is 2.42. The zero-order chi connectivity index (χ0) is 35.8. The molecule has 0 bridgehead atoms. The van der Waals surface area contributed by atoms with Crippen LogP contribution in [0.2, 0.25) is 0 Å². The molecule has 45 heavy (non-hydrogen) atoms. The molecular weight excluding hydrogens is 556 g/mol. The van der Waals surface area contributed by atoms with Gasteiger partial charge in [0.25, 0.3) is 0 Å². The van der Waals surface area contributed by atoms with Crippen LogP contribution < -0.4 is 0 Å². The van der Waals surface area contributed by atoms with E-state index in [0.29, 0.717) is 26.4 Å². The van der Waals surface area contributed by atoms with E-state index < -0.39 is 27.8 Å². The largest absolute Gasteiger partial charge is 0.375 e. The van der Waals surface area contributed by atoms with Gasteiger partial charge in [-0.2, -0.15) is 0 Å². The smallest absolute Gasteiger partial charge is 0.0639 e.